The van der Waals surface area contributed by atoms with E-state index in [0.717, 1.165) is 19.4 Å². The molecular weight excluding hydrogens is 275 g/mol. The Morgan fingerprint density at radius 2 is 2.28 bits per heavy atom. The predicted molar refractivity (Wildman–Crippen MR) is 74.8 cm³/mol. The summed E-state index contributed by atoms with van der Waals surface area (Å²) in [4.78, 5) is 11.9. The van der Waals surface area contributed by atoms with Crippen molar-refractivity contribution in [3.8, 4) is 5.75 Å². The standard InChI is InChI=1S/C12H15ClN2O2.ClH/c1-7-5-8(13)6-10(11(7)16)15-12(17)9-3-2-4-14-9;/h5-6,9,14,16H,2-4H2,1H3,(H,15,17);1H. The summed E-state index contributed by atoms with van der Waals surface area (Å²) >= 11 is 5.89. The molecule has 0 bridgehead atoms. The number of hydrogen-bond acceptors (Lipinski definition) is 3. The lowest BCUT2D eigenvalue weighted by Crippen LogP contribution is -2.35. The minimum absolute atomic E-state index is 0. The molecule has 0 aliphatic carbocycles. The fraction of sp³-hybridized carbons (Fsp3) is 0.417. The van der Waals surface area contributed by atoms with Crippen LogP contribution in [-0.4, -0.2) is 23.6 Å². The minimum Gasteiger partial charge on any atom is -0.505 e. The van der Waals surface area contributed by atoms with E-state index in [1.165, 1.54) is 0 Å². The average molecular weight is 291 g/mol. The van der Waals surface area contributed by atoms with Crippen molar-refractivity contribution in [3.63, 3.8) is 0 Å². The van der Waals surface area contributed by atoms with Gasteiger partial charge >= 0.3 is 0 Å². The number of amides is 1. The Labute approximate surface area is 117 Å². The third kappa shape index (κ3) is 3.28. The Balaban J connectivity index is 0.00000162. The van der Waals surface area contributed by atoms with Crippen LogP contribution in [0.15, 0.2) is 12.1 Å². The van der Waals surface area contributed by atoms with Crippen molar-refractivity contribution >= 4 is 35.6 Å². The number of aromatic hydroxyl groups is 1. The fourth-order valence-electron chi connectivity index (χ4n) is 1.96. The zero-order valence-corrected chi connectivity index (χ0v) is 11.6. The van der Waals surface area contributed by atoms with Crippen LogP contribution in [0.2, 0.25) is 5.02 Å². The van der Waals surface area contributed by atoms with Gasteiger partial charge in [0.2, 0.25) is 5.91 Å². The van der Waals surface area contributed by atoms with Crippen molar-refractivity contribution in [1.82, 2.24) is 5.32 Å². The van der Waals surface area contributed by atoms with Crippen molar-refractivity contribution in [2.24, 2.45) is 0 Å². The van der Waals surface area contributed by atoms with Crippen molar-refractivity contribution in [2.75, 3.05) is 11.9 Å². The number of phenols is 1. The molecule has 0 saturated carbocycles. The summed E-state index contributed by atoms with van der Waals surface area (Å²) in [5, 5.41) is 16.1. The van der Waals surface area contributed by atoms with Crippen LogP contribution in [0.5, 0.6) is 5.75 Å². The molecule has 0 aromatic heterocycles. The maximum atomic E-state index is 11.9. The third-order valence-corrected chi connectivity index (χ3v) is 3.12. The highest BCUT2D eigenvalue weighted by atomic mass is 35.5. The van der Waals surface area contributed by atoms with Gasteiger partial charge in [0.15, 0.2) is 0 Å². The monoisotopic (exact) mass is 290 g/mol. The molecule has 6 heteroatoms. The number of aryl methyl sites for hydroxylation is 1. The van der Waals surface area contributed by atoms with Crippen LogP contribution in [0.25, 0.3) is 0 Å². The van der Waals surface area contributed by atoms with Gasteiger partial charge in [-0.1, -0.05) is 11.6 Å². The summed E-state index contributed by atoms with van der Waals surface area (Å²) in [6.07, 6.45) is 1.82. The Morgan fingerprint density at radius 3 is 2.89 bits per heavy atom. The number of nitrogens with one attached hydrogen (secondary N) is 2. The summed E-state index contributed by atoms with van der Waals surface area (Å²) in [5.41, 5.74) is 1.01. The number of carbonyl (C=O) groups is 1. The van der Waals surface area contributed by atoms with Crippen molar-refractivity contribution in [1.29, 1.82) is 0 Å². The fourth-order valence-corrected chi connectivity index (χ4v) is 2.23. The maximum absolute atomic E-state index is 11.9. The number of phenolic OH excluding ortho intramolecular Hbond substituents is 1. The second kappa shape index (κ2) is 6.27. The van der Waals surface area contributed by atoms with Crippen molar-refractivity contribution in [3.05, 3.63) is 22.7 Å². The quantitative estimate of drug-likeness (QED) is 0.734. The Hall–Kier alpha value is -0.970. The van der Waals surface area contributed by atoms with E-state index in [2.05, 4.69) is 10.6 Å². The Kier molecular flexibility index (Phi) is 5.26. The van der Waals surface area contributed by atoms with Crippen molar-refractivity contribution in [2.45, 2.75) is 25.8 Å². The van der Waals surface area contributed by atoms with Crippen LogP contribution >= 0.6 is 24.0 Å². The number of halogens is 2. The molecule has 0 spiro atoms. The summed E-state index contributed by atoms with van der Waals surface area (Å²) in [5.74, 6) is -0.0554. The predicted octanol–water partition coefficient (Wildman–Crippen LogP) is 2.47. The molecule has 100 valence electrons. The van der Waals surface area contributed by atoms with Gasteiger partial charge in [0.1, 0.15) is 5.75 Å². The summed E-state index contributed by atoms with van der Waals surface area (Å²) in [6.45, 7) is 2.60. The normalized spacial score (nSPS) is 18.2. The van der Waals surface area contributed by atoms with E-state index in [1.807, 2.05) is 0 Å². The molecule has 4 nitrogen and oxygen atoms in total. The first-order valence-electron chi connectivity index (χ1n) is 5.61. The number of anilines is 1. The van der Waals surface area contributed by atoms with Gasteiger partial charge in [0, 0.05) is 5.02 Å². The van der Waals surface area contributed by atoms with Gasteiger partial charge in [-0.2, -0.15) is 0 Å². The smallest absolute Gasteiger partial charge is 0.241 e. The maximum Gasteiger partial charge on any atom is 0.241 e. The summed E-state index contributed by atoms with van der Waals surface area (Å²) in [6, 6.07) is 3.03. The van der Waals surface area contributed by atoms with E-state index in [9.17, 15) is 9.90 Å². The molecule has 1 atom stereocenters. The van der Waals surface area contributed by atoms with Gasteiger partial charge in [0.05, 0.1) is 11.7 Å². The van der Waals surface area contributed by atoms with E-state index >= 15 is 0 Å². The van der Waals surface area contributed by atoms with Gasteiger partial charge in [-0.25, -0.2) is 0 Å². The van der Waals surface area contributed by atoms with E-state index in [4.69, 9.17) is 11.6 Å². The molecule has 1 unspecified atom stereocenters. The third-order valence-electron chi connectivity index (χ3n) is 2.90. The Morgan fingerprint density at radius 1 is 1.56 bits per heavy atom. The second-order valence-electron chi connectivity index (χ2n) is 4.26. The Bertz CT molecular complexity index is 446. The molecule has 0 radical (unpaired) electrons. The largest absolute Gasteiger partial charge is 0.505 e. The first-order valence-corrected chi connectivity index (χ1v) is 5.99. The van der Waals surface area contributed by atoms with Crippen LogP contribution in [0.1, 0.15) is 18.4 Å². The molecule has 1 fully saturated rings. The first-order chi connectivity index (χ1) is 8.08. The van der Waals surface area contributed by atoms with Crippen LogP contribution in [0.4, 0.5) is 5.69 Å². The molecule has 1 amide bonds. The first kappa shape index (κ1) is 15.1. The molecule has 18 heavy (non-hydrogen) atoms. The highest BCUT2D eigenvalue weighted by molar-refractivity contribution is 6.31. The van der Waals surface area contributed by atoms with Crippen molar-refractivity contribution < 1.29 is 9.90 Å². The van der Waals surface area contributed by atoms with Gasteiger partial charge < -0.3 is 15.7 Å². The summed E-state index contributed by atoms with van der Waals surface area (Å²) in [7, 11) is 0. The number of carbonyl (C=O) groups excluding carboxylic acids is 1. The van der Waals surface area contributed by atoms with E-state index in [1.54, 1.807) is 19.1 Å². The van der Waals surface area contributed by atoms with E-state index in [0.29, 0.717) is 16.3 Å². The van der Waals surface area contributed by atoms with Gasteiger partial charge in [-0.15, -0.1) is 12.4 Å². The molecule has 1 heterocycles. The molecule has 3 N–H and O–H groups in total. The van der Waals surface area contributed by atoms with Gasteiger partial charge in [-0.05, 0) is 44.0 Å². The number of benzene rings is 1. The van der Waals surface area contributed by atoms with E-state index in [-0.39, 0.29) is 30.1 Å². The lowest BCUT2D eigenvalue weighted by atomic mass is 10.1. The molecule has 1 aliphatic heterocycles. The number of rotatable bonds is 2. The highest BCUT2D eigenvalue weighted by Gasteiger charge is 2.22. The summed E-state index contributed by atoms with van der Waals surface area (Å²) < 4.78 is 0. The molecule has 1 aromatic carbocycles. The van der Waals surface area contributed by atoms with Crippen LogP contribution in [0, 0.1) is 6.92 Å². The van der Waals surface area contributed by atoms with Crippen LogP contribution < -0.4 is 10.6 Å². The number of hydrogen-bond donors (Lipinski definition) is 3. The topological polar surface area (TPSA) is 61.4 Å². The lowest BCUT2D eigenvalue weighted by Gasteiger charge is -2.13. The zero-order valence-electron chi connectivity index (χ0n) is 10.00. The molecular formula is C12H16Cl2N2O2. The molecule has 2 rings (SSSR count). The van der Waals surface area contributed by atoms with E-state index < -0.39 is 0 Å². The zero-order chi connectivity index (χ0) is 12.4. The average Bonchev–Trinajstić information content (AvgIpc) is 2.78. The molecule has 1 aliphatic rings. The molecule has 1 saturated heterocycles. The van der Waals surface area contributed by atoms with Gasteiger partial charge in [0.25, 0.3) is 0 Å². The van der Waals surface area contributed by atoms with Gasteiger partial charge in [-0.3, -0.25) is 4.79 Å². The van der Waals surface area contributed by atoms with Crippen LogP contribution in [-0.2, 0) is 4.79 Å². The SMILES string of the molecule is Cc1cc(Cl)cc(NC(=O)C2CCCN2)c1O.Cl. The highest BCUT2D eigenvalue weighted by Crippen LogP contribution is 2.31. The lowest BCUT2D eigenvalue weighted by molar-refractivity contribution is -0.117. The minimum atomic E-state index is -0.173. The van der Waals surface area contributed by atoms with Crippen LogP contribution in [0.3, 0.4) is 0 Å². The second-order valence-corrected chi connectivity index (χ2v) is 4.69. The molecule has 1 aromatic rings.